The van der Waals surface area contributed by atoms with Gasteiger partial charge in [0.2, 0.25) is 0 Å². The predicted octanol–water partition coefficient (Wildman–Crippen LogP) is 2.99. The van der Waals surface area contributed by atoms with Gasteiger partial charge in [0.15, 0.2) is 0 Å². The third-order valence-electron chi connectivity index (χ3n) is 10.1. The van der Waals surface area contributed by atoms with Crippen LogP contribution in [0.3, 0.4) is 0 Å². The van der Waals surface area contributed by atoms with Crippen molar-refractivity contribution in [1.82, 2.24) is 40.0 Å². The molecule has 2 N–H and O–H groups in total. The standard InChI is InChI=1S/C34H42N8O5/c1-5-14-47-32(45)25-8-9-26-24(20(25)2)10-11-27(26)38-31(44)29-16-28(39-33-36-19-37-42(29)33)30(43)35-17-21-6-7-22-12-13-41(18-23(22)15-21)34(46)40(3)4/h5-7,15-16,19-20,24-27H,1,8-14,17-18H2,2-4H3,(H,35,43)(H,38,44)/t20?,24-,25?,26?,27-/m0/s1. The minimum Gasteiger partial charge on any atom is -0.461 e. The average Bonchev–Trinajstić information content (AvgIpc) is 3.72. The Balaban J connectivity index is 1.11. The van der Waals surface area contributed by atoms with Crippen LogP contribution in [0.15, 0.2) is 43.2 Å². The molecule has 5 atom stereocenters. The van der Waals surface area contributed by atoms with E-state index in [1.807, 2.05) is 23.1 Å². The average molecular weight is 643 g/mol. The van der Waals surface area contributed by atoms with Crippen molar-refractivity contribution in [3.05, 3.63) is 71.3 Å². The fourth-order valence-corrected chi connectivity index (χ4v) is 7.63. The molecule has 3 aromatic rings. The second kappa shape index (κ2) is 13.5. The SMILES string of the molecule is C=CCOC(=O)C1CCC2[C@@H](CC[C@@H]2NC(=O)c2cc(C(=O)NCc3ccc4c(c3)CN(C(=O)N(C)C)CC4)nc3ncnn23)C1C. The molecule has 3 heterocycles. The highest BCUT2D eigenvalue weighted by atomic mass is 16.5. The van der Waals surface area contributed by atoms with E-state index < -0.39 is 5.91 Å². The first-order chi connectivity index (χ1) is 22.6. The molecule has 1 aromatic carbocycles. The number of nitrogens with zero attached hydrogens (tertiary/aromatic N) is 6. The molecule has 13 heteroatoms. The predicted molar refractivity (Wildman–Crippen MR) is 172 cm³/mol. The van der Waals surface area contributed by atoms with Gasteiger partial charge in [-0.05, 0) is 66.5 Å². The molecule has 13 nitrogen and oxygen atoms in total. The van der Waals surface area contributed by atoms with E-state index in [2.05, 4.69) is 39.2 Å². The van der Waals surface area contributed by atoms with Crippen LogP contribution in [0.4, 0.5) is 4.79 Å². The molecule has 3 aliphatic rings. The van der Waals surface area contributed by atoms with Crippen LogP contribution in [0.1, 0.15) is 70.3 Å². The lowest BCUT2D eigenvalue weighted by Crippen LogP contribution is -2.44. The van der Waals surface area contributed by atoms with Crippen LogP contribution >= 0.6 is 0 Å². The number of amides is 4. The van der Waals surface area contributed by atoms with Crippen molar-refractivity contribution in [3.8, 4) is 0 Å². The zero-order valence-electron chi connectivity index (χ0n) is 27.1. The molecule has 4 amide bonds. The van der Waals surface area contributed by atoms with E-state index in [1.165, 1.54) is 22.5 Å². The smallest absolute Gasteiger partial charge is 0.319 e. The summed E-state index contributed by atoms with van der Waals surface area (Å²) in [6, 6.07) is 7.41. The van der Waals surface area contributed by atoms with E-state index in [0.717, 1.165) is 36.8 Å². The van der Waals surface area contributed by atoms with Gasteiger partial charge in [0.05, 0.1) is 5.92 Å². The number of esters is 1. The topological polar surface area (TPSA) is 151 Å². The Hall–Kier alpha value is -4.81. The Morgan fingerprint density at radius 3 is 2.66 bits per heavy atom. The van der Waals surface area contributed by atoms with Gasteiger partial charge in [0.25, 0.3) is 17.6 Å². The van der Waals surface area contributed by atoms with Crippen molar-refractivity contribution >= 4 is 29.6 Å². The van der Waals surface area contributed by atoms with Crippen molar-refractivity contribution in [1.29, 1.82) is 0 Å². The van der Waals surface area contributed by atoms with E-state index in [-0.39, 0.29) is 72.0 Å². The maximum atomic E-state index is 13.7. The Bertz CT molecular complexity index is 1700. The Labute approximate surface area is 273 Å². The molecule has 0 bridgehead atoms. The number of hydrogen-bond donors (Lipinski definition) is 2. The molecule has 47 heavy (non-hydrogen) atoms. The fraction of sp³-hybridized carbons (Fsp3) is 0.500. The molecular formula is C34H42N8O5. The summed E-state index contributed by atoms with van der Waals surface area (Å²) in [7, 11) is 3.49. The van der Waals surface area contributed by atoms with Crippen LogP contribution in [-0.2, 0) is 29.0 Å². The summed E-state index contributed by atoms with van der Waals surface area (Å²) in [6.07, 6.45) is 6.92. The highest BCUT2D eigenvalue weighted by Crippen LogP contribution is 2.48. The minimum atomic E-state index is -0.442. The third kappa shape index (κ3) is 6.56. The Morgan fingerprint density at radius 1 is 1.06 bits per heavy atom. The van der Waals surface area contributed by atoms with E-state index >= 15 is 0 Å². The van der Waals surface area contributed by atoms with Gasteiger partial charge in [-0.2, -0.15) is 14.6 Å². The van der Waals surface area contributed by atoms with Crippen molar-refractivity contribution in [2.45, 2.75) is 58.2 Å². The second-order valence-electron chi connectivity index (χ2n) is 13.1. The van der Waals surface area contributed by atoms with Crippen molar-refractivity contribution in [2.24, 2.45) is 23.7 Å². The van der Waals surface area contributed by atoms with Crippen LogP contribution in [-0.4, -0.2) is 86.5 Å². The zero-order chi connectivity index (χ0) is 33.2. The number of nitrogens with one attached hydrogen (secondary N) is 2. The quantitative estimate of drug-likeness (QED) is 0.281. The van der Waals surface area contributed by atoms with Gasteiger partial charge in [-0.15, -0.1) is 0 Å². The number of fused-ring (bicyclic) bond motifs is 3. The van der Waals surface area contributed by atoms with Gasteiger partial charge >= 0.3 is 12.0 Å². The first kappa shape index (κ1) is 32.1. The molecule has 2 saturated carbocycles. The minimum absolute atomic E-state index is 0.0275. The fourth-order valence-electron chi connectivity index (χ4n) is 7.63. The number of rotatable bonds is 8. The van der Waals surface area contributed by atoms with Crippen LogP contribution in [0.5, 0.6) is 0 Å². The highest BCUT2D eigenvalue weighted by Gasteiger charge is 2.47. The van der Waals surface area contributed by atoms with Crippen LogP contribution in [0, 0.1) is 23.7 Å². The zero-order valence-corrected chi connectivity index (χ0v) is 27.1. The summed E-state index contributed by atoms with van der Waals surface area (Å²) in [5, 5.41) is 10.3. The Kier molecular flexibility index (Phi) is 9.24. The van der Waals surface area contributed by atoms with Crippen LogP contribution in [0.2, 0.25) is 0 Å². The number of carbonyl (C=O) groups excluding carboxylic acids is 4. The lowest BCUT2D eigenvalue weighted by molar-refractivity contribution is -0.152. The lowest BCUT2D eigenvalue weighted by atomic mass is 9.68. The second-order valence-corrected chi connectivity index (χ2v) is 13.1. The normalized spacial score (nSPS) is 23.4. The molecule has 2 fully saturated rings. The number of urea groups is 1. The first-order valence-corrected chi connectivity index (χ1v) is 16.3. The monoisotopic (exact) mass is 642 g/mol. The van der Waals surface area contributed by atoms with Crippen LogP contribution < -0.4 is 10.6 Å². The maximum Gasteiger partial charge on any atom is 0.319 e. The molecular weight excluding hydrogens is 600 g/mol. The number of hydrogen-bond acceptors (Lipinski definition) is 8. The third-order valence-corrected chi connectivity index (χ3v) is 10.1. The first-order valence-electron chi connectivity index (χ1n) is 16.3. The van der Waals surface area contributed by atoms with Gasteiger partial charge in [0, 0.05) is 45.8 Å². The maximum absolute atomic E-state index is 13.7. The summed E-state index contributed by atoms with van der Waals surface area (Å²) < 4.78 is 6.70. The summed E-state index contributed by atoms with van der Waals surface area (Å²) in [4.78, 5) is 64.0. The van der Waals surface area contributed by atoms with E-state index in [4.69, 9.17) is 4.74 Å². The number of ether oxygens (including phenoxy) is 1. The lowest BCUT2D eigenvalue weighted by Gasteiger charge is -2.38. The summed E-state index contributed by atoms with van der Waals surface area (Å²) >= 11 is 0. The van der Waals surface area contributed by atoms with E-state index in [0.29, 0.717) is 25.4 Å². The van der Waals surface area contributed by atoms with Gasteiger partial charge in [-0.3, -0.25) is 14.4 Å². The molecule has 6 rings (SSSR count). The van der Waals surface area contributed by atoms with Gasteiger partial charge in [-0.25, -0.2) is 9.78 Å². The Morgan fingerprint density at radius 2 is 1.87 bits per heavy atom. The number of aromatic nitrogens is 4. The molecule has 0 spiro atoms. The van der Waals surface area contributed by atoms with Crippen LogP contribution in [0.25, 0.3) is 5.78 Å². The summed E-state index contributed by atoms with van der Waals surface area (Å²) in [6.45, 7) is 7.38. The summed E-state index contributed by atoms with van der Waals surface area (Å²) in [5.74, 6) is -0.255. The van der Waals surface area contributed by atoms with Crippen molar-refractivity contribution in [3.63, 3.8) is 0 Å². The van der Waals surface area contributed by atoms with E-state index in [1.54, 1.807) is 25.1 Å². The van der Waals surface area contributed by atoms with E-state index in [9.17, 15) is 19.2 Å². The molecule has 2 aromatic heterocycles. The van der Waals surface area contributed by atoms with Gasteiger partial charge in [0.1, 0.15) is 24.3 Å². The summed E-state index contributed by atoms with van der Waals surface area (Å²) in [5.41, 5.74) is 3.39. The largest absolute Gasteiger partial charge is 0.461 e. The van der Waals surface area contributed by atoms with Crippen molar-refractivity contribution < 1.29 is 23.9 Å². The molecule has 248 valence electrons. The molecule has 2 aliphatic carbocycles. The number of carbonyl (C=O) groups is 4. The van der Waals surface area contributed by atoms with Crippen molar-refractivity contribution in [2.75, 3.05) is 27.2 Å². The van der Waals surface area contributed by atoms with Gasteiger partial charge < -0.3 is 25.2 Å². The molecule has 3 unspecified atom stereocenters. The molecule has 0 radical (unpaired) electrons. The molecule has 1 aliphatic heterocycles. The molecule has 0 saturated heterocycles. The highest BCUT2D eigenvalue weighted by molar-refractivity contribution is 5.98. The van der Waals surface area contributed by atoms with Gasteiger partial charge in [-0.1, -0.05) is 37.8 Å². The number of benzene rings is 1.